The van der Waals surface area contributed by atoms with Gasteiger partial charge in [-0.25, -0.2) is 8.42 Å². The van der Waals surface area contributed by atoms with E-state index in [1.54, 1.807) is 24.3 Å². The van der Waals surface area contributed by atoms with Gasteiger partial charge in [-0.2, -0.15) is 4.31 Å². The zero-order valence-corrected chi connectivity index (χ0v) is 19.4. The van der Waals surface area contributed by atoms with Crippen molar-refractivity contribution in [2.24, 2.45) is 5.92 Å². The van der Waals surface area contributed by atoms with Crippen LogP contribution in [0.4, 0.5) is 0 Å². The van der Waals surface area contributed by atoms with E-state index in [-0.39, 0.29) is 22.9 Å². The predicted octanol–water partition coefficient (Wildman–Crippen LogP) is 2.98. The molecule has 8 nitrogen and oxygen atoms in total. The third kappa shape index (κ3) is 3.73. The van der Waals surface area contributed by atoms with Gasteiger partial charge in [-0.3, -0.25) is 10.1 Å². The molecular formula is C21H29BN2O6S. The highest BCUT2D eigenvalue weighted by Gasteiger charge is 2.56. The predicted molar refractivity (Wildman–Crippen MR) is 117 cm³/mol. The van der Waals surface area contributed by atoms with Crippen molar-refractivity contribution in [3.63, 3.8) is 0 Å². The van der Waals surface area contributed by atoms with Gasteiger partial charge in [-0.05, 0) is 64.2 Å². The summed E-state index contributed by atoms with van der Waals surface area (Å²) in [5.41, 5.74) is 1.54. The van der Waals surface area contributed by atoms with Crippen molar-refractivity contribution >= 4 is 17.1 Å². The van der Waals surface area contributed by atoms with E-state index in [4.69, 9.17) is 9.31 Å². The number of nitro groups is 1. The molecule has 0 amide bonds. The minimum atomic E-state index is -3.76. The normalized spacial score (nSPS) is 28.1. The van der Waals surface area contributed by atoms with Crippen molar-refractivity contribution in [3.8, 4) is 0 Å². The van der Waals surface area contributed by atoms with Crippen molar-refractivity contribution in [3.05, 3.63) is 51.0 Å². The summed E-state index contributed by atoms with van der Waals surface area (Å²) in [5.74, 6) is -0.474. The summed E-state index contributed by atoms with van der Waals surface area (Å²) in [6.07, 6.45) is 0.811. The maximum atomic E-state index is 13.3. The Morgan fingerprint density at radius 1 is 1.13 bits per heavy atom. The van der Waals surface area contributed by atoms with E-state index < -0.39 is 40.3 Å². The van der Waals surface area contributed by atoms with Crippen LogP contribution < -0.4 is 0 Å². The van der Waals surface area contributed by atoms with Crippen molar-refractivity contribution in [1.82, 2.24) is 4.31 Å². The topological polar surface area (TPSA) is 99.0 Å². The van der Waals surface area contributed by atoms with E-state index in [1.807, 2.05) is 34.6 Å². The highest BCUT2D eigenvalue weighted by atomic mass is 32.2. The fraction of sp³-hybridized carbons (Fsp3) is 0.619. The largest absolute Gasteiger partial charge is 0.490 e. The molecule has 2 heterocycles. The first-order valence-electron chi connectivity index (χ1n) is 10.6. The Balaban J connectivity index is 1.71. The molecule has 2 atom stereocenters. The van der Waals surface area contributed by atoms with Crippen molar-refractivity contribution in [2.45, 2.75) is 69.6 Å². The first kappa shape index (κ1) is 22.4. The lowest BCUT2D eigenvalue weighted by Gasteiger charge is -2.32. The van der Waals surface area contributed by atoms with Crippen molar-refractivity contribution in [1.29, 1.82) is 0 Å². The molecule has 0 radical (unpaired) electrons. The molecule has 2 aliphatic heterocycles. The number of fused-ring (bicyclic) bond motifs is 1. The summed E-state index contributed by atoms with van der Waals surface area (Å²) in [7, 11) is -4.37. The molecule has 2 fully saturated rings. The van der Waals surface area contributed by atoms with E-state index in [9.17, 15) is 18.5 Å². The van der Waals surface area contributed by atoms with Gasteiger partial charge in [0.15, 0.2) is 0 Å². The molecule has 31 heavy (non-hydrogen) atoms. The minimum Gasteiger partial charge on any atom is -0.400 e. The van der Waals surface area contributed by atoms with Crippen LogP contribution in [-0.4, -0.2) is 55.1 Å². The molecule has 0 aromatic heterocycles. The lowest BCUT2D eigenvalue weighted by atomic mass is 9.66. The lowest BCUT2D eigenvalue weighted by Crippen LogP contribution is -2.41. The molecule has 4 rings (SSSR count). The maximum absolute atomic E-state index is 13.3. The van der Waals surface area contributed by atoms with E-state index in [1.165, 1.54) is 4.31 Å². The Morgan fingerprint density at radius 2 is 1.71 bits per heavy atom. The molecule has 168 valence electrons. The van der Waals surface area contributed by atoms with Gasteiger partial charge in [0.05, 0.1) is 22.0 Å². The summed E-state index contributed by atoms with van der Waals surface area (Å²) < 4.78 is 40.3. The van der Waals surface area contributed by atoms with E-state index in [0.717, 1.165) is 16.6 Å². The minimum absolute atomic E-state index is 0.0974. The Bertz CT molecular complexity index is 1020. The average molecular weight is 448 g/mol. The molecule has 10 heteroatoms. The summed E-state index contributed by atoms with van der Waals surface area (Å²) in [6, 6.07) is 5.87. The van der Waals surface area contributed by atoms with Gasteiger partial charge in [0.25, 0.3) is 0 Å². The SMILES string of the molecule is Cc1ccc(S(=O)(=O)N2CC3=C(B4OC(C)(C)C(C)(C)O4)CC[C@@H]([N+](=O)[O-])[C@H]3C2)cc1. The van der Waals surface area contributed by atoms with Crippen molar-refractivity contribution in [2.75, 3.05) is 13.1 Å². The highest BCUT2D eigenvalue weighted by molar-refractivity contribution is 7.89. The first-order valence-corrected chi connectivity index (χ1v) is 12.1. The lowest BCUT2D eigenvalue weighted by molar-refractivity contribution is -0.531. The van der Waals surface area contributed by atoms with Gasteiger partial charge < -0.3 is 9.31 Å². The van der Waals surface area contributed by atoms with Crippen LogP contribution in [0.15, 0.2) is 40.2 Å². The number of nitrogens with zero attached hydrogens (tertiary/aromatic N) is 2. The fourth-order valence-corrected chi connectivity index (χ4v) is 6.05. The Hall–Kier alpha value is -1.75. The monoisotopic (exact) mass is 448 g/mol. The zero-order chi connectivity index (χ0) is 22.8. The van der Waals surface area contributed by atoms with Crippen LogP contribution in [0.1, 0.15) is 46.1 Å². The molecule has 2 saturated heterocycles. The summed E-state index contributed by atoms with van der Waals surface area (Å²) in [4.78, 5) is 11.7. The number of benzene rings is 1. The van der Waals surface area contributed by atoms with Gasteiger partial charge in [-0.1, -0.05) is 17.7 Å². The molecule has 0 bridgehead atoms. The third-order valence-corrected chi connectivity index (χ3v) is 9.07. The molecule has 1 aliphatic carbocycles. The quantitative estimate of drug-likeness (QED) is 0.399. The number of aryl methyl sites for hydroxylation is 1. The number of hydrogen-bond acceptors (Lipinski definition) is 6. The van der Waals surface area contributed by atoms with Crippen LogP contribution in [0, 0.1) is 23.0 Å². The Morgan fingerprint density at radius 3 is 2.26 bits per heavy atom. The maximum Gasteiger partial charge on any atom is 0.490 e. The van der Waals surface area contributed by atoms with E-state index in [2.05, 4.69) is 0 Å². The van der Waals surface area contributed by atoms with Crippen LogP contribution in [0.2, 0.25) is 0 Å². The van der Waals surface area contributed by atoms with Gasteiger partial charge >= 0.3 is 7.12 Å². The number of rotatable bonds is 4. The summed E-state index contributed by atoms with van der Waals surface area (Å²) in [6.45, 7) is 9.96. The van der Waals surface area contributed by atoms with E-state index in [0.29, 0.717) is 12.8 Å². The molecule has 0 spiro atoms. The molecule has 0 N–H and O–H groups in total. The number of hydrogen-bond donors (Lipinski definition) is 0. The second kappa shape index (κ2) is 7.40. The van der Waals surface area contributed by atoms with Gasteiger partial charge in [0.1, 0.15) is 0 Å². The molecular weight excluding hydrogens is 419 g/mol. The number of sulfonamides is 1. The molecule has 1 aromatic carbocycles. The van der Waals surface area contributed by atoms with Crippen molar-refractivity contribution < 1.29 is 22.6 Å². The van der Waals surface area contributed by atoms with Crippen LogP contribution >= 0.6 is 0 Å². The van der Waals surface area contributed by atoms with Crippen LogP contribution in [-0.2, 0) is 19.3 Å². The second-order valence-corrected chi connectivity index (χ2v) is 11.7. The Labute approximate surface area is 183 Å². The summed E-state index contributed by atoms with van der Waals surface area (Å²) >= 11 is 0. The number of allylic oxidation sites excluding steroid dienone is 1. The summed E-state index contributed by atoms with van der Waals surface area (Å²) in [5, 5.41) is 11.7. The third-order valence-electron chi connectivity index (χ3n) is 7.25. The molecule has 0 saturated carbocycles. The second-order valence-electron chi connectivity index (χ2n) is 9.75. The first-order chi connectivity index (χ1) is 14.3. The van der Waals surface area contributed by atoms with Crippen LogP contribution in [0.25, 0.3) is 0 Å². The van der Waals surface area contributed by atoms with Gasteiger partial charge in [0, 0.05) is 24.4 Å². The smallest absolute Gasteiger partial charge is 0.400 e. The van der Waals surface area contributed by atoms with E-state index >= 15 is 0 Å². The van der Waals surface area contributed by atoms with Gasteiger partial charge in [-0.15, -0.1) is 0 Å². The van der Waals surface area contributed by atoms with Crippen LogP contribution in [0.3, 0.4) is 0 Å². The van der Waals surface area contributed by atoms with Gasteiger partial charge in [0.2, 0.25) is 16.1 Å². The Kier molecular flexibility index (Phi) is 5.36. The molecule has 1 aromatic rings. The average Bonchev–Trinajstić information content (AvgIpc) is 3.20. The standard InChI is InChI=1S/C21H29BN2O6S/c1-14-6-8-15(9-7-14)31(27,28)23-12-16-17(13-23)19(24(25)26)11-10-18(16)22-29-20(2,3)21(4,5)30-22/h6-9,17,19H,10-13H2,1-5H3/t17-,19+/m0/s1. The molecule has 0 unspecified atom stereocenters. The zero-order valence-electron chi connectivity index (χ0n) is 18.6. The van der Waals surface area contributed by atoms with Crippen LogP contribution in [0.5, 0.6) is 0 Å². The fourth-order valence-electron chi connectivity index (χ4n) is 4.61. The molecule has 3 aliphatic rings. The highest BCUT2D eigenvalue weighted by Crippen LogP contribution is 2.45.